The lowest BCUT2D eigenvalue weighted by Crippen LogP contribution is -2.26. The first-order valence-electron chi connectivity index (χ1n) is 10.3. The lowest BCUT2D eigenvalue weighted by molar-refractivity contribution is 0.210. The van der Waals surface area contributed by atoms with Gasteiger partial charge in [0.2, 0.25) is 0 Å². The van der Waals surface area contributed by atoms with Crippen LogP contribution < -0.4 is 9.46 Å². The van der Waals surface area contributed by atoms with Crippen LogP contribution in [0.25, 0.3) is 11.0 Å². The van der Waals surface area contributed by atoms with E-state index in [4.69, 9.17) is 9.15 Å². The van der Waals surface area contributed by atoms with Crippen LogP contribution in [0.15, 0.2) is 45.7 Å². The third-order valence-electron chi connectivity index (χ3n) is 6.23. The third kappa shape index (κ3) is 3.81. The topological polar surface area (TPSA) is 68.5 Å². The van der Waals surface area contributed by atoms with Crippen LogP contribution in [0.1, 0.15) is 44.1 Å². The van der Waals surface area contributed by atoms with Crippen molar-refractivity contribution in [1.29, 1.82) is 0 Å². The van der Waals surface area contributed by atoms with Gasteiger partial charge in [0.1, 0.15) is 17.1 Å². The Bertz CT molecular complexity index is 1180. The van der Waals surface area contributed by atoms with Crippen molar-refractivity contribution in [2.24, 2.45) is 11.3 Å². The van der Waals surface area contributed by atoms with Crippen LogP contribution in [0.3, 0.4) is 0 Å². The van der Waals surface area contributed by atoms with Gasteiger partial charge in [0.25, 0.3) is 10.0 Å². The lowest BCUT2D eigenvalue weighted by atomic mass is 9.71. The van der Waals surface area contributed by atoms with Crippen molar-refractivity contribution in [3.63, 3.8) is 0 Å². The number of sulfonamides is 1. The summed E-state index contributed by atoms with van der Waals surface area (Å²) in [5.74, 6) is 2.23. The highest BCUT2D eigenvalue weighted by Gasteiger charge is 2.32. The summed E-state index contributed by atoms with van der Waals surface area (Å²) in [6, 6.07) is 10.2. The van der Waals surface area contributed by atoms with Crippen molar-refractivity contribution in [3.8, 4) is 5.75 Å². The number of rotatable bonds is 4. The van der Waals surface area contributed by atoms with Crippen LogP contribution in [0.2, 0.25) is 0 Å². The minimum atomic E-state index is -3.70. The monoisotopic (exact) mass is 427 g/mol. The zero-order chi connectivity index (χ0) is 21.7. The molecule has 1 unspecified atom stereocenters. The largest absolute Gasteiger partial charge is 0.497 e. The SMILES string of the molecule is COc1ccc(S(=O)(=O)Nc2cc3c4c(oc3cc2C)CCC(C(C)(C)C)C4)cc1. The predicted octanol–water partition coefficient (Wildman–Crippen LogP) is 5.70. The van der Waals surface area contributed by atoms with Crippen molar-refractivity contribution in [2.75, 3.05) is 11.8 Å². The summed E-state index contributed by atoms with van der Waals surface area (Å²) in [5.41, 5.74) is 3.70. The number of hydrogen-bond acceptors (Lipinski definition) is 4. The zero-order valence-electron chi connectivity index (χ0n) is 18.2. The van der Waals surface area contributed by atoms with Crippen LogP contribution >= 0.6 is 0 Å². The molecule has 0 saturated heterocycles. The lowest BCUT2D eigenvalue weighted by Gasteiger charge is -2.33. The van der Waals surface area contributed by atoms with Crippen molar-refractivity contribution < 1.29 is 17.6 Å². The Morgan fingerprint density at radius 2 is 1.83 bits per heavy atom. The average molecular weight is 428 g/mol. The van der Waals surface area contributed by atoms with Gasteiger partial charge in [-0.05, 0) is 73.1 Å². The molecule has 0 spiro atoms. The Morgan fingerprint density at radius 1 is 1.13 bits per heavy atom. The second kappa shape index (κ2) is 7.34. The Hall–Kier alpha value is -2.47. The second-order valence-electron chi connectivity index (χ2n) is 9.25. The quantitative estimate of drug-likeness (QED) is 0.580. The summed E-state index contributed by atoms with van der Waals surface area (Å²) in [7, 11) is -2.15. The van der Waals surface area contributed by atoms with E-state index in [0.29, 0.717) is 17.4 Å². The van der Waals surface area contributed by atoms with E-state index in [9.17, 15) is 8.42 Å². The number of nitrogens with one attached hydrogen (secondary N) is 1. The highest BCUT2D eigenvalue weighted by Crippen LogP contribution is 2.42. The van der Waals surface area contributed by atoms with Crippen LogP contribution in [-0.2, 0) is 22.9 Å². The molecule has 0 radical (unpaired) electrons. The first kappa shape index (κ1) is 20.8. The van der Waals surface area contributed by atoms with E-state index in [1.54, 1.807) is 31.4 Å². The fraction of sp³-hybridized carbons (Fsp3) is 0.417. The van der Waals surface area contributed by atoms with Crippen molar-refractivity contribution in [3.05, 3.63) is 53.3 Å². The molecule has 5 nitrogen and oxygen atoms in total. The number of anilines is 1. The fourth-order valence-electron chi connectivity index (χ4n) is 4.23. The summed E-state index contributed by atoms with van der Waals surface area (Å²) in [5, 5.41) is 1.01. The van der Waals surface area contributed by atoms with Crippen molar-refractivity contribution >= 4 is 26.7 Å². The zero-order valence-corrected chi connectivity index (χ0v) is 19.0. The highest BCUT2D eigenvalue weighted by atomic mass is 32.2. The fourth-order valence-corrected chi connectivity index (χ4v) is 5.36. The van der Waals surface area contributed by atoms with Gasteiger partial charge in [-0.1, -0.05) is 20.8 Å². The molecule has 1 N–H and O–H groups in total. The number of hydrogen-bond donors (Lipinski definition) is 1. The molecule has 1 aliphatic carbocycles. The van der Waals surface area contributed by atoms with Gasteiger partial charge in [0.15, 0.2) is 0 Å². The van der Waals surface area contributed by atoms with Gasteiger partial charge in [-0.2, -0.15) is 0 Å². The van der Waals surface area contributed by atoms with Crippen LogP contribution in [-0.4, -0.2) is 15.5 Å². The minimum Gasteiger partial charge on any atom is -0.497 e. The van der Waals surface area contributed by atoms with Gasteiger partial charge in [-0.3, -0.25) is 4.72 Å². The normalized spacial score (nSPS) is 17.0. The van der Waals surface area contributed by atoms with Crippen LogP contribution in [0.4, 0.5) is 5.69 Å². The molecule has 6 heteroatoms. The van der Waals surface area contributed by atoms with Gasteiger partial charge in [-0.15, -0.1) is 0 Å². The maximum absolute atomic E-state index is 12.9. The first-order valence-corrected chi connectivity index (χ1v) is 11.8. The summed E-state index contributed by atoms with van der Waals surface area (Å²) >= 11 is 0. The molecule has 160 valence electrons. The maximum Gasteiger partial charge on any atom is 0.261 e. The molecule has 1 atom stereocenters. The summed E-state index contributed by atoms with van der Waals surface area (Å²) in [6.07, 6.45) is 3.00. The number of ether oxygens (including phenoxy) is 1. The van der Waals surface area contributed by atoms with E-state index in [-0.39, 0.29) is 10.3 Å². The molecule has 3 aromatic rings. The number of methoxy groups -OCH3 is 1. The summed E-state index contributed by atoms with van der Waals surface area (Å²) in [6.45, 7) is 8.74. The van der Waals surface area contributed by atoms with Gasteiger partial charge in [-0.25, -0.2) is 8.42 Å². The van der Waals surface area contributed by atoms with Gasteiger partial charge >= 0.3 is 0 Å². The van der Waals surface area contributed by atoms with Gasteiger partial charge in [0.05, 0.1) is 17.7 Å². The molecular weight excluding hydrogens is 398 g/mol. The van der Waals surface area contributed by atoms with E-state index < -0.39 is 10.0 Å². The molecule has 1 aromatic heterocycles. The molecular formula is C24H29NO4S. The maximum atomic E-state index is 12.9. The molecule has 4 rings (SSSR count). The van der Waals surface area contributed by atoms with E-state index in [2.05, 4.69) is 25.5 Å². The Morgan fingerprint density at radius 3 is 2.47 bits per heavy atom. The number of aryl methyl sites for hydroxylation is 2. The van der Waals surface area contributed by atoms with Gasteiger partial charge in [0, 0.05) is 17.4 Å². The van der Waals surface area contributed by atoms with E-state index in [1.165, 1.54) is 5.56 Å². The molecule has 0 amide bonds. The van der Waals surface area contributed by atoms with Crippen molar-refractivity contribution in [2.45, 2.75) is 51.9 Å². The summed E-state index contributed by atoms with van der Waals surface area (Å²) in [4.78, 5) is 0.199. The molecule has 0 bridgehead atoms. The van der Waals surface area contributed by atoms with E-state index >= 15 is 0 Å². The molecule has 1 aliphatic rings. The van der Waals surface area contributed by atoms with Crippen LogP contribution in [0, 0.1) is 18.3 Å². The summed E-state index contributed by atoms with van der Waals surface area (Å²) < 4.78 is 39.9. The van der Waals surface area contributed by atoms with Crippen LogP contribution in [0.5, 0.6) is 5.75 Å². The Balaban J connectivity index is 1.70. The number of fused-ring (bicyclic) bond motifs is 3. The van der Waals surface area contributed by atoms with Gasteiger partial charge < -0.3 is 9.15 Å². The minimum absolute atomic E-state index is 0.199. The first-order chi connectivity index (χ1) is 14.1. The smallest absolute Gasteiger partial charge is 0.261 e. The molecule has 1 heterocycles. The molecule has 0 fully saturated rings. The third-order valence-corrected chi connectivity index (χ3v) is 7.61. The second-order valence-corrected chi connectivity index (χ2v) is 10.9. The van der Waals surface area contributed by atoms with E-state index in [1.807, 2.05) is 19.1 Å². The Kier molecular flexibility index (Phi) is 5.09. The molecule has 0 aliphatic heterocycles. The molecule has 30 heavy (non-hydrogen) atoms. The molecule has 0 saturated carbocycles. The Labute approximate surface area is 178 Å². The molecule has 2 aromatic carbocycles. The highest BCUT2D eigenvalue weighted by molar-refractivity contribution is 7.92. The standard InChI is InChI=1S/C24H29NO4S/c1-15-12-23-20(19-13-16(24(2,3)4)6-11-22(19)29-23)14-21(15)25-30(26,27)18-9-7-17(28-5)8-10-18/h7-10,12,14,16,25H,6,11,13H2,1-5H3. The number of furan rings is 1. The van der Waals surface area contributed by atoms with E-state index in [0.717, 1.165) is 41.6 Å². The van der Waals surface area contributed by atoms with Crippen molar-refractivity contribution in [1.82, 2.24) is 0 Å². The average Bonchev–Trinajstić information content (AvgIpc) is 3.04. The predicted molar refractivity (Wildman–Crippen MR) is 120 cm³/mol. The number of benzene rings is 2.